The molecule has 0 amide bonds. The predicted molar refractivity (Wildman–Crippen MR) is 129 cm³/mol. The van der Waals surface area contributed by atoms with Crippen molar-refractivity contribution in [1.29, 1.82) is 0 Å². The Balaban J connectivity index is -0.00000288. The van der Waals surface area contributed by atoms with Crippen LogP contribution in [0.1, 0.15) is 46.5 Å². The number of hydrogen-bond donors (Lipinski definition) is 1. The fourth-order valence-electron chi connectivity index (χ4n) is 2.69. The van der Waals surface area contributed by atoms with Crippen LogP contribution in [0.5, 0.6) is 0 Å². The van der Waals surface area contributed by atoms with Crippen molar-refractivity contribution in [3.8, 4) is 0 Å². The smallest absolute Gasteiger partial charge is 0.412 e. The van der Waals surface area contributed by atoms with E-state index in [-0.39, 0.29) is 67.0 Å². The number of allylic oxidation sites excluding steroid dienone is 1. The minimum atomic E-state index is -0.0198. The minimum absolute atomic E-state index is 0. The van der Waals surface area contributed by atoms with Crippen LogP contribution < -0.4 is 64.4 Å². The minimum Gasteiger partial charge on any atom is -0.412 e. The van der Waals surface area contributed by atoms with Crippen molar-refractivity contribution >= 4 is 66.3 Å². The SMILES string of the molecule is C=C(CCCN(CCCNC(=S)[S-])C(=S)[S-])C(CC(C)(C)C)P(C)C.[Na+].[Na+]. The maximum absolute atomic E-state index is 5.22. The zero-order valence-electron chi connectivity index (χ0n) is 18.3. The van der Waals surface area contributed by atoms with Gasteiger partial charge in [-0.25, -0.2) is 0 Å². The molecule has 146 valence electrons. The van der Waals surface area contributed by atoms with Gasteiger partial charge in [0.05, 0.1) is 0 Å². The molecule has 1 N–H and O–H groups in total. The maximum atomic E-state index is 5.22. The molecule has 0 fully saturated rings. The molecular formula is C18H33N2Na2PS4. The molecule has 0 aromatic rings. The summed E-state index contributed by atoms with van der Waals surface area (Å²) in [6.45, 7) is 18.6. The Kier molecular flexibility index (Phi) is 22.7. The van der Waals surface area contributed by atoms with Crippen LogP contribution in [0.3, 0.4) is 0 Å². The van der Waals surface area contributed by atoms with E-state index in [1.54, 1.807) is 0 Å². The second kappa shape index (κ2) is 18.0. The molecule has 0 spiro atoms. The van der Waals surface area contributed by atoms with Gasteiger partial charge in [0.15, 0.2) is 0 Å². The van der Waals surface area contributed by atoms with Crippen molar-refractivity contribution in [3.05, 3.63) is 12.2 Å². The third-order valence-corrected chi connectivity index (χ3v) is 6.56. The van der Waals surface area contributed by atoms with E-state index >= 15 is 0 Å². The summed E-state index contributed by atoms with van der Waals surface area (Å²) in [6, 6.07) is 0. The van der Waals surface area contributed by atoms with Crippen LogP contribution in [0, 0.1) is 5.41 Å². The quantitative estimate of drug-likeness (QED) is 0.0990. The van der Waals surface area contributed by atoms with Crippen LogP contribution in [0.4, 0.5) is 0 Å². The van der Waals surface area contributed by atoms with Gasteiger partial charge in [-0.15, -0.1) is 7.92 Å². The van der Waals surface area contributed by atoms with Crippen molar-refractivity contribution in [3.63, 3.8) is 0 Å². The fraction of sp³-hybridized carbons (Fsp3) is 0.778. The van der Waals surface area contributed by atoms with E-state index in [2.05, 4.69) is 50.9 Å². The molecular weight excluding hydrogens is 449 g/mol. The molecule has 0 heterocycles. The topological polar surface area (TPSA) is 15.3 Å². The van der Waals surface area contributed by atoms with Gasteiger partial charge in [0.25, 0.3) is 0 Å². The summed E-state index contributed by atoms with van der Waals surface area (Å²) in [5, 5.41) is 2.99. The standard InChI is InChI=1S/C18H35N2PS4.2Na/c1-14(15(21(5)6)13-18(2,3)4)9-7-11-20(17(24)25)12-8-10-19-16(22)23;;/h15H,1,7-13H2,2-6H3,(H,24,25)(H2,19,22,23);;/q;2*+1/p-2. The van der Waals surface area contributed by atoms with E-state index in [0.717, 1.165) is 38.9 Å². The van der Waals surface area contributed by atoms with Gasteiger partial charge < -0.3 is 59.9 Å². The van der Waals surface area contributed by atoms with Crippen LogP contribution in [-0.4, -0.2) is 52.2 Å². The monoisotopic (exact) mass is 482 g/mol. The van der Waals surface area contributed by atoms with Gasteiger partial charge in [-0.3, -0.25) is 0 Å². The molecule has 2 nitrogen and oxygen atoms in total. The van der Waals surface area contributed by atoms with E-state index < -0.39 is 0 Å². The van der Waals surface area contributed by atoms with Gasteiger partial charge in [-0.1, -0.05) is 41.6 Å². The second-order valence-electron chi connectivity index (χ2n) is 7.83. The van der Waals surface area contributed by atoms with E-state index in [1.807, 2.05) is 0 Å². The Morgan fingerprint density at radius 2 is 1.63 bits per heavy atom. The summed E-state index contributed by atoms with van der Waals surface area (Å²) < 4.78 is 0.968. The third-order valence-electron chi connectivity index (χ3n) is 3.96. The van der Waals surface area contributed by atoms with E-state index in [4.69, 9.17) is 49.7 Å². The number of thiocarbonyl (C=S) groups is 2. The Morgan fingerprint density at radius 3 is 2.04 bits per heavy atom. The maximum Gasteiger partial charge on any atom is 1.00 e. The Morgan fingerprint density at radius 1 is 1.11 bits per heavy atom. The molecule has 0 aromatic carbocycles. The van der Waals surface area contributed by atoms with Gasteiger partial charge >= 0.3 is 59.1 Å². The number of hydrogen-bond acceptors (Lipinski definition) is 4. The summed E-state index contributed by atoms with van der Waals surface area (Å²) in [5.41, 5.74) is 2.36. The van der Waals surface area contributed by atoms with Gasteiger partial charge in [0.1, 0.15) is 0 Å². The Labute approximate surface area is 235 Å². The van der Waals surface area contributed by atoms with Gasteiger partial charge in [0, 0.05) is 19.6 Å². The van der Waals surface area contributed by atoms with E-state index in [0.29, 0.717) is 19.7 Å². The molecule has 0 rings (SSSR count). The van der Waals surface area contributed by atoms with E-state index in [1.165, 1.54) is 12.0 Å². The number of nitrogens with zero attached hydrogens (tertiary/aromatic N) is 1. The first-order chi connectivity index (χ1) is 11.4. The molecule has 0 aromatic heterocycles. The molecule has 9 heteroatoms. The molecule has 0 saturated heterocycles. The third kappa shape index (κ3) is 18.8. The van der Waals surface area contributed by atoms with Crippen LogP contribution >= 0.6 is 32.4 Å². The molecule has 0 aliphatic heterocycles. The molecule has 0 aliphatic rings. The van der Waals surface area contributed by atoms with Crippen molar-refractivity contribution in [2.45, 2.75) is 52.1 Å². The molecule has 0 bridgehead atoms. The van der Waals surface area contributed by atoms with Gasteiger partial charge in [0.2, 0.25) is 0 Å². The van der Waals surface area contributed by atoms with Crippen molar-refractivity contribution in [2.75, 3.05) is 33.0 Å². The molecule has 0 saturated carbocycles. The predicted octanol–water partition coefficient (Wildman–Crippen LogP) is -1.18. The molecule has 0 aliphatic carbocycles. The van der Waals surface area contributed by atoms with Crippen molar-refractivity contribution in [1.82, 2.24) is 10.2 Å². The summed E-state index contributed by atoms with van der Waals surface area (Å²) >= 11 is 20.1. The van der Waals surface area contributed by atoms with Gasteiger partial charge in [-0.2, -0.15) is 0 Å². The summed E-state index contributed by atoms with van der Waals surface area (Å²) in [4.78, 5) is 2.10. The molecule has 1 atom stereocenters. The first-order valence-corrected chi connectivity index (χ1v) is 12.6. The van der Waals surface area contributed by atoms with E-state index in [9.17, 15) is 0 Å². The summed E-state index contributed by atoms with van der Waals surface area (Å²) in [5.74, 6) is 0. The first kappa shape index (κ1) is 34.0. The van der Waals surface area contributed by atoms with Crippen molar-refractivity contribution in [2.24, 2.45) is 5.41 Å². The largest absolute Gasteiger partial charge is 1.00 e. The molecule has 27 heavy (non-hydrogen) atoms. The summed E-state index contributed by atoms with van der Waals surface area (Å²) in [7, 11) is -0.0198. The Hall–Kier alpha value is 2.39. The normalized spacial score (nSPS) is 11.8. The Bertz CT molecular complexity index is 457. The average Bonchev–Trinajstić information content (AvgIpc) is 2.45. The number of rotatable bonds is 11. The zero-order chi connectivity index (χ0) is 19.6. The van der Waals surface area contributed by atoms with Crippen LogP contribution in [-0.2, 0) is 25.3 Å². The van der Waals surface area contributed by atoms with Crippen LogP contribution in [0.2, 0.25) is 0 Å². The summed E-state index contributed by atoms with van der Waals surface area (Å²) in [6.07, 6.45) is 4.23. The fourth-order valence-corrected chi connectivity index (χ4v) is 5.03. The number of nitrogens with one attached hydrogen (secondary N) is 1. The van der Waals surface area contributed by atoms with Crippen LogP contribution in [0.25, 0.3) is 0 Å². The zero-order valence-corrected chi connectivity index (χ0v) is 26.4. The van der Waals surface area contributed by atoms with Crippen molar-refractivity contribution < 1.29 is 59.1 Å². The van der Waals surface area contributed by atoms with Gasteiger partial charge in [-0.05, 0) is 50.1 Å². The van der Waals surface area contributed by atoms with Crippen LogP contribution in [0.15, 0.2) is 12.2 Å². The molecule has 1 unspecified atom stereocenters. The molecule has 0 radical (unpaired) electrons. The second-order valence-corrected chi connectivity index (χ2v) is 12.5. The average molecular weight is 483 g/mol. The first-order valence-electron chi connectivity index (χ1n) is 8.69.